The van der Waals surface area contributed by atoms with E-state index >= 15 is 0 Å². The van der Waals surface area contributed by atoms with Crippen molar-refractivity contribution in [3.8, 4) is 6.07 Å². The zero-order valence-electron chi connectivity index (χ0n) is 21.3. The molecule has 0 aromatic heterocycles. The van der Waals surface area contributed by atoms with Gasteiger partial charge in [-0.15, -0.1) is 0 Å². The van der Waals surface area contributed by atoms with E-state index < -0.39 is 77.7 Å². The molecule has 0 spiro atoms. The zero-order valence-corrected chi connectivity index (χ0v) is 21.3. The van der Waals surface area contributed by atoms with Crippen molar-refractivity contribution in [2.24, 2.45) is 17.3 Å². The Kier molecular flexibility index (Phi) is 8.29. The number of piperidine rings is 3. The molecule has 212 valence electrons. The molecule has 3 N–H and O–H groups in total. The molecule has 14 heteroatoms. The summed E-state index contributed by atoms with van der Waals surface area (Å²) in [6.45, 7) is 4.69. The van der Waals surface area contributed by atoms with E-state index in [4.69, 9.17) is 0 Å². The van der Waals surface area contributed by atoms with Gasteiger partial charge in [-0.25, -0.2) is 8.78 Å². The van der Waals surface area contributed by atoms with Crippen molar-refractivity contribution in [1.82, 2.24) is 20.9 Å². The van der Waals surface area contributed by atoms with Crippen LogP contribution in [0.2, 0.25) is 0 Å². The summed E-state index contributed by atoms with van der Waals surface area (Å²) in [5.41, 5.74) is -1.26. The van der Waals surface area contributed by atoms with Gasteiger partial charge in [0.1, 0.15) is 18.1 Å². The number of hydrogen-bond donors (Lipinski definition) is 3. The number of amides is 4. The molecule has 3 aliphatic heterocycles. The van der Waals surface area contributed by atoms with Gasteiger partial charge in [-0.1, -0.05) is 20.8 Å². The second-order valence-electron chi connectivity index (χ2n) is 11.3. The van der Waals surface area contributed by atoms with Crippen molar-refractivity contribution < 1.29 is 41.1 Å². The fraction of sp³-hybridized carbons (Fsp3) is 0.792. The van der Waals surface area contributed by atoms with Crippen molar-refractivity contribution in [3.05, 3.63) is 0 Å². The SMILES string of the molecule is CC(C)(C)[C@H](NC(=O)C(F)(F)F)C(=O)N1[C@@H]2CC[C@H]([C@H]1C(=O)N[C@H](C#N)C[C@@H]1CCCNC1=O)C(F)(F)C2. The fourth-order valence-electron chi connectivity index (χ4n) is 5.58. The minimum Gasteiger partial charge on any atom is -0.356 e. The first kappa shape index (κ1) is 29.6. The Hall–Kier alpha value is -2.98. The van der Waals surface area contributed by atoms with Gasteiger partial charge in [0.2, 0.25) is 17.7 Å². The molecule has 1 saturated carbocycles. The number of fused-ring (bicyclic) bond motifs is 3. The molecule has 4 aliphatic rings. The predicted molar refractivity (Wildman–Crippen MR) is 122 cm³/mol. The second-order valence-corrected chi connectivity index (χ2v) is 11.3. The maximum atomic E-state index is 14.9. The Bertz CT molecular complexity index is 1010. The van der Waals surface area contributed by atoms with Gasteiger partial charge in [0, 0.05) is 24.9 Å². The van der Waals surface area contributed by atoms with E-state index in [0.29, 0.717) is 19.4 Å². The number of nitriles is 1. The highest BCUT2D eigenvalue weighted by atomic mass is 19.4. The van der Waals surface area contributed by atoms with Gasteiger partial charge < -0.3 is 20.9 Å². The van der Waals surface area contributed by atoms with Gasteiger partial charge in [0.15, 0.2) is 0 Å². The maximum absolute atomic E-state index is 14.9. The van der Waals surface area contributed by atoms with Crippen LogP contribution >= 0.6 is 0 Å². The number of rotatable bonds is 6. The largest absolute Gasteiger partial charge is 0.471 e. The van der Waals surface area contributed by atoms with Crippen molar-refractivity contribution in [3.63, 3.8) is 0 Å². The monoisotopic (exact) mass is 549 g/mol. The first-order valence-corrected chi connectivity index (χ1v) is 12.5. The van der Waals surface area contributed by atoms with Crippen LogP contribution in [0.1, 0.15) is 59.3 Å². The summed E-state index contributed by atoms with van der Waals surface area (Å²) in [6.07, 6.45) is -5.00. The predicted octanol–water partition coefficient (Wildman–Crippen LogP) is 2.02. The number of carbonyl (C=O) groups excluding carboxylic acids is 4. The lowest BCUT2D eigenvalue weighted by atomic mass is 9.70. The second kappa shape index (κ2) is 10.6. The summed E-state index contributed by atoms with van der Waals surface area (Å²) in [5.74, 6) is -10.3. The number of nitrogens with one attached hydrogen (secondary N) is 3. The summed E-state index contributed by atoms with van der Waals surface area (Å²) in [5, 5.41) is 16.3. The average molecular weight is 550 g/mol. The molecule has 38 heavy (non-hydrogen) atoms. The zero-order chi connectivity index (χ0) is 28.6. The standard InChI is InChI=1S/C24H32F5N5O4/c1-22(2,3)17(33-21(38)24(27,28)29)20(37)34-14-6-7-15(23(25,26)10-14)16(34)19(36)32-13(11-30)9-12-5-4-8-31-18(12)35/h12-17H,4-10H2,1-3H3,(H,31,35)(H,32,36)(H,33,38)/t12-,13-,14+,15+,16-,17+/m0/s1. The quantitative estimate of drug-likeness (QED) is 0.437. The Morgan fingerprint density at radius 1 is 1.16 bits per heavy atom. The molecule has 6 atom stereocenters. The Balaban J connectivity index is 1.90. The van der Waals surface area contributed by atoms with Crippen LogP contribution in [0.4, 0.5) is 22.0 Å². The fourth-order valence-corrected chi connectivity index (χ4v) is 5.58. The third-order valence-electron chi connectivity index (χ3n) is 7.50. The minimum absolute atomic E-state index is 0.0640. The molecular formula is C24H32F5N5O4. The van der Waals surface area contributed by atoms with E-state index in [1.54, 1.807) is 5.32 Å². The molecule has 0 radical (unpaired) electrons. The van der Waals surface area contributed by atoms with Gasteiger partial charge in [0.25, 0.3) is 5.92 Å². The third-order valence-corrected chi connectivity index (χ3v) is 7.50. The number of alkyl halides is 5. The van der Waals surface area contributed by atoms with Crippen LogP contribution in [0.15, 0.2) is 0 Å². The van der Waals surface area contributed by atoms with Crippen molar-refractivity contribution >= 4 is 23.6 Å². The summed E-state index contributed by atoms with van der Waals surface area (Å²) in [4.78, 5) is 51.7. The third kappa shape index (κ3) is 6.18. The molecule has 0 aromatic carbocycles. The number of halogens is 5. The van der Waals surface area contributed by atoms with E-state index in [1.807, 2.05) is 6.07 Å². The van der Waals surface area contributed by atoms with Crippen molar-refractivity contribution in [2.45, 2.75) is 95.6 Å². The van der Waals surface area contributed by atoms with Crippen LogP contribution < -0.4 is 16.0 Å². The minimum atomic E-state index is -5.29. The van der Waals surface area contributed by atoms with Gasteiger partial charge in [-0.05, 0) is 37.5 Å². The maximum Gasteiger partial charge on any atom is 0.471 e. The highest BCUT2D eigenvalue weighted by Crippen LogP contribution is 2.49. The molecule has 2 bridgehead atoms. The molecule has 4 rings (SSSR count). The molecule has 4 fully saturated rings. The van der Waals surface area contributed by atoms with Crippen LogP contribution in [0.3, 0.4) is 0 Å². The summed E-state index contributed by atoms with van der Waals surface area (Å²) >= 11 is 0. The normalized spacial score (nSPS) is 28.5. The molecular weight excluding hydrogens is 517 g/mol. The van der Waals surface area contributed by atoms with Crippen LogP contribution in [0.5, 0.6) is 0 Å². The van der Waals surface area contributed by atoms with Gasteiger partial charge >= 0.3 is 12.1 Å². The van der Waals surface area contributed by atoms with Crippen LogP contribution in [-0.2, 0) is 19.2 Å². The summed E-state index contributed by atoms with van der Waals surface area (Å²) in [6, 6.07) is -4.06. The van der Waals surface area contributed by atoms with Crippen LogP contribution in [0.25, 0.3) is 0 Å². The van der Waals surface area contributed by atoms with Crippen LogP contribution in [0, 0.1) is 28.6 Å². The lowest BCUT2D eigenvalue weighted by Crippen LogP contribution is -2.71. The van der Waals surface area contributed by atoms with Crippen LogP contribution in [-0.4, -0.2) is 71.3 Å². The van der Waals surface area contributed by atoms with Gasteiger partial charge in [0.05, 0.1) is 12.0 Å². The topological polar surface area (TPSA) is 131 Å². The molecule has 3 heterocycles. The van der Waals surface area contributed by atoms with Gasteiger partial charge in [-0.2, -0.15) is 18.4 Å². The van der Waals surface area contributed by atoms with E-state index in [1.165, 1.54) is 20.8 Å². The first-order chi connectivity index (χ1) is 17.5. The number of carbonyl (C=O) groups is 4. The number of nitrogens with zero attached hydrogens (tertiary/aromatic N) is 2. The first-order valence-electron chi connectivity index (χ1n) is 12.5. The highest BCUT2D eigenvalue weighted by Gasteiger charge is 2.61. The Labute approximate surface area is 216 Å². The van der Waals surface area contributed by atoms with Gasteiger partial charge in [-0.3, -0.25) is 19.2 Å². The molecule has 9 nitrogen and oxygen atoms in total. The Morgan fingerprint density at radius 3 is 2.34 bits per heavy atom. The Morgan fingerprint density at radius 2 is 1.82 bits per heavy atom. The lowest BCUT2D eigenvalue weighted by Gasteiger charge is -2.55. The lowest BCUT2D eigenvalue weighted by molar-refractivity contribution is -0.197. The highest BCUT2D eigenvalue weighted by molar-refractivity contribution is 5.94. The average Bonchev–Trinajstić information content (AvgIpc) is 2.80. The van der Waals surface area contributed by atoms with E-state index in [2.05, 4.69) is 10.6 Å². The molecule has 4 amide bonds. The summed E-state index contributed by atoms with van der Waals surface area (Å²) < 4.78 is 68.9. The molecule has 3 saturated heterocycles. The number of hydrogen-bond acceptors (Lipinski definition) is 5. The molecule has 1 aliphatic carbocycles. The van der Waals surface area contributed by atoms with Crippen molar-refractivity contribution in [2.75, 3.05) is 6.54 Å². The smallest absolute Gasteiger partial charge is 0.356 e. The van der Waals surface area contributed by atoms with E-state index in [0.717, 1.165) is 4.90 Å². The van der Waals surface area contributed by atoms with Crippen molar-refractivity contribution in [1.29, 1.82) is 5.26 Å². The molecule has 0 aromatic rings. The van der Waals surface area contributed by atoms with E-state index in [-0.39, 0.29) is 25.2 Å². The molecule has 0 unspecified atom stereocenters. The summed E-state index contributed by atoms with van der Waals surface area (Å²) in [7, 11) is 0. The van der Waals surface area contributed by atoms with E-state index in [9.17, 15) is 46.4 Å².